The fourth-order valence-electron chi connectivity index (χ4n) is 2.55. The summed E-state index contributed by atoms with van der Waals surface area (Å²) in [5.74, 6) is -1.24. The van der Waals surface area contributed by atoms with Crippen LogP contribution in [0.15, 0.2) is 6.07 Å². The average molecular weight is 297 g/mol. The third kappa shape index (κ3) is 1.53. The zero-order valence-electron chi connectivity index (χ0n) is 10.4. The van der Waals surface area contributed by atoms with Crippen molar-refractivity contribution in [1.29, 1.82) is 0 Å². The molecule has 3 amide bonds. The highest BCUT2D eigenvalue weighted by Crippen LogP contribution is 2.46. The molecule has 2 aliphatic heterocycles. The standard InChI is InChI=1S/C11H11N3O5S/c1-19-10(16)7-8-4(2-6(20-8)9(12)15)5-3-13(7)11(17)14(5)18/h2,5,7,18H,3H2,1H3,(H2,12,15)/t5-,7+/m1/s1. The van der Waals surface area contributed by atoms with Gasteiger partial charge in [0.25, 0.3) is 5.91 Å². The molecule has 1 aromatic heterocycles. The number of thiophene rings is 1. The van der Waals surface area contributed by atoms with Crippen LogP contribution in [0.5, 0.6) is 0 Å². The van der Waals surface area contributed by atoms with Crippen molar-refractivity contribution < 1.29 is 24.3 Å². The predicted octanol–water partition coefficient (Wildman–Crippen LogP) is 0.243. The molecule has 9 heteroatoms. The maximum atomic E-state index is 11.9. The lowest BCUT2D eigenvalue weighted by Crippen LogP contribution is -2.38. The number of hydrogen-bond acceptors (Lipinski definition) is 6. The Morgan fingerprint density at radius 2 is 2.25 bits per heavy atom. The van der Waals surface area contributed by atoms with Gasteiger partial charge in [0, 0.05) is 4.88 Å². The molecule has 3 heterocycles. The summed E-state index contributed by atoms with van der Waals surface area (Å²) < 4.78 is 4.71. The minimum absolute atomic E-state index is 0.164. The van der Waals surface area contributed by atoms with E-state index >= 15 is 0 Å². The predicted molar refractivity (Wildman–Crippen MR) is 66.1 cm³/mol. The Morgan fingerprint density at radius 1 is 1.55 bits per heavy atom. The first-order chi connectivity index (χ1) is 9.45. The SMILES string of the molecule is COC(=O)[C@@H]1c2sc(C(N)=O)cc2[C@H]2CN1C(=O)N2O. The van der Waals surface area contributed by atoms with E-state index in [1.165, 1.54) is 18.1 Å². The molecule has 0 saturated carbocycles. The van der Waals surface area contributed by atoms with Crippen LogP contribution < -0.4 is 5.73 Å². The van der Waals surface area contributed by atoms with Gasteiger partial charge in [-0.1, -0.05) is 0 Å². The number of carbonyl (C=O) groups excluding carboxylic acids is 3. The summed E-state index contributed by atoms with van der Waals surface area (Å²) in [5, 5.41) is 10.4. The molecule has 0 spiro atoms. The Hall–Kier alpha value is -2.13. The summed E-state index contributed by atoms with van der Waals surface area (Å²) in [5.41, 5.74) is 5.80. The molecule has 20 heavy (non-hydrogen) atoms. The van der Waals surface area contributed by atoms with Gasteiger partial charge in [-0.25, -0.2) is 9.59 Å². The lowest BCUT2D eigenvalue weighted by Gasteiger charge is -2.28. The molecule has 1 aromatic rings. The third-order valence-electron chi connectivity index (χ3n) is 3.48. The van der Waals surface area contributed by atoms with Gasteiger partial charge >= 0.3 is 12.0 Å². The molecule has 0 unspecified atom stereocenters. The van der Waals surface area contributed by atoms with Gasteiger partial charge in [0.1, 0.15) is 6.04 Å². The molecule has 2 bridgehead atoms. The highest BCUT2D eigenvalue weighted by atomic mass is 32.1. The maximum absolute atomic E-state index is 11.9. The molecule has 0 aromatic carbocycles. The Labute approximate surface area is 117 Å². The van der Waals surface area contributed by atoms with Crippen molar-refractivity contribution in [1.82, 2.24) is 9.96 Å². The number of nitrogens with two attached hydrogens (primary N) is 1. The lowest BCUT2D eigenvalue weighted by atomic mass is 9.99. The molecule has 106 valence electrons. The van der Waals surface area contributed by atoms with Gasteiger partial charge in [-0.3, -0.25) is 10.0 Å². The van der Waals surface area contributed by atoms with Crippen molar-refractivity contribution in [3.05, 3.63) is 21.4 Å². The Bertz CT molecular complexity index is 628. The number of methoxy groups -OCH3 is 1. The van der Waals surface area contributed by atoms with E-state index in [2.05, 4.69) is 0 Å². The van der Waals surface area contributed by atoms with E-state index in [9.17, 15) is 19.6 Å². The molecular formula is C11H11N3O5S. The van der Waals surface area contributed by atoms with Crippen LogP contribution in [0.25, 0.3) is 0 Å². The quantitative estimate of drug-likeness (QED) is 0.600. The number of fused-ring (bicyclic) bond motifs is 4. The largest absolute Gasteiger partial charge is 0.467 e. The molecule has 3 rings (SSSR count). The summed E-state index contributed by atoms with van der Waals surface area (Å²) >= 11 is 1.04. The van der Waals surface area contributed by atoms with E-state index in [-0.39, 0.29) is 11.4 Å². The number of carbonyl (C=O) groups is 3. The molecule has 0 aliphatic carbocycles. The van der Waals surface area contributed by atoms with Crippen LogP contribution in [-0.4, -0.2) is 46.7 Å². The molecule has 0 radical (unpaired) electrons. The maximum Gasteiger partial charge on any atom is 0.345 e. The van der Waals surface area contributed by atoms with Crippen molar-refractivity contribution in [2.45, 2.75) is 12.1 Å². The normalized spacial score (nSPS) is 23.8. The van der Waals surface area contributed by atoms with Crippen LogP contribution in [0.2, 0.25) is 0 Å². The highest BCUT2D eigenvalue weighted by molar-refractivity contribution is 7.14. The number of ether oxygens (including phenoxy) is 1. The smallest absolute Gasteiger partial charge is 0.345 e. The van der Waals surface area contributed by atoms with Gasteiger partial charge in [-0.15, -0.1) is 11.3 Å². The molecule has 3 N–H and O–H groups in total. The second-order valence-corrected chi connectivity index (χ2v) is 5.60. The zero-order valence-corrected chi connectivity index (χ0v) is 11.2. The summed E-state index contributed by atoms with van der Waals surface area (Å²) in [6.45, 7) is 0.164. The molecule has 2 aliphatic rings. The van der Waals surface area contributed by atoms with Crippen LogP contribution >= 0.6 is 11.3 Å². The van der Waals surface area contributed by atoms with Gasteiger partial charge < -0.3 is 15.4 Å². The summed E-state index contributed by atoms with van der Waals surface area (Å²) in [6.07, 6.45) is 0. The molecule has 2 atom stereocenters. The summed E-state index contributed by atoms with van der Waals surface area (Å²) in [7, 11) is 1.22. The number of amides is 3. The first-order valence-corrected chi connectivity index (χ1v) is 6.57. The van der Waals surface area contributed by atoms with Crippen LogP contribution in [0.1, 0.15) is 32.2 Å². The van der Waals surface area contributed by atoms with Gasteiger partial charge in [0.15, 0.2) is 6.04 Å². The molecular weight excluding hydrogens is 286 g/mol. The lowest BCUT2D eigenvalue weighted by molar-refractivity contribution is -0.146. The van der Waals surface area contributed by atoms with Crippen molar-refractivity contribution in [2.24, 2.45) is 5.73 Å². The van der Waals surface area contributed by atoms with E-state index in [1.807, 2.05) is 0 Å². The van der Waals surface area contributed by atoms with E-state index in [1.54, 1.807) is 0 Å². The first kappa shape index (κ1) is 12.9. The monoisotopic (exact) mass is 297 g/mol. The number of hydrogen-bond donors (Lipinski definition) is 2. The van der Waals surface area contributed by atoms with Crippen LogP contribution in [0.4, 0.5) is 4.79 Å². The van der Waals surface area contributed by atoms with Crippen LogP contribution in [-0.2, 0) is 9.53 Å². The topological polar surface area (TPSA) is 113 Å². The highest BCUT2D eigenvalue weighted by Gasteiger charge is 2.51. The van der Waals surface area contributed by atoms with E-state index in [4.69, 9.17) is 10.5 Å². The molecule has 1 saturated heterocycles. The molecule has 1 fully saturated rings. The number of esters is 1. The molecule has 8 nitrogen and oxygen atoms in total. The second-order valence-electron chi connectivity index (χ2n) is 4.52. The zero-order chi connectivity index (χ0) is 14.6. The third-order valence-corrected chi connectivity index (χ3v) is 4.70. The van der Waals surface area contributed by atoms with E-state index in [0.717, 1.165) is 11.3 Å². The Balaban J connectivity index is 2.16. The summed E-state index contributed by atoms with van der Waals surface area (Å²) in [4.78, 5) is 37.1. The van der Waals surface area contributed by atoms with Crippen molar-refractivity contribution >= 4 is 29.2 Å². The minimum Gasteiger partial charge on any atom is -0.467 e. The minimum atomic E-state index is -0.950. The second kappa shape index (κ2) is 4.18. The van der Waals surface area contributed by atoms with Crippen LogP contribution in [0, 0.1) is 0 Å². The van der Waals surface area contributed by atoms with E-state index < -0.39 is 30.0 Å². The van der Waals surface area contributed by atoms with Gasteiger partial charge in [0.2, 0.25) is 0 Å². The number of urea groups is 1. The fraction of sp³-hybridized carbons (Fsp3) is 0.364. The number of nitrogens with zero attached hydrogens (tertiary/aromatic N) is 2. The van der Waals surface area contributed by atoms with Gasteiger partial charge in [-0.05, 0) is 11.6 Å². The Morgan fingerprint density at radius 3 is 2.85 bits per heavy atom. The van der Waals surface area contributed by atoms with Crippen molar-refractivity contribution in [2.75, 3.05) is 13.7 Å². The van der Waals surface area contributed by atoms with Crippen molar-refractivity contribution in [3.8, 4) is 0 Å². The van der Waals surface area contributed by atoms with Crippen LogP contribution in [0.3, 0.4) is 0 Å². The number of rotatable bonds is 2. The van der Waals surface area contributed by atoms with Crippen molar-refractivity contribution in [3.63, 3.8) is 0 Å². The number of primary amides is 1. The van der Waals surface area contributed by atoms with E-state index in [0.29, 0.717) is 15.5 Å². The Kier molecular flexibility index (Phi) is 2.69. The van der Waals surface area contributed by atoms with Gasteiger partial charge in [0.05, 0.1) is 18.5 Å². The number of hydroxylamine groups is 2. The fourth-order valence-corrected chi connectivity index (χ4v) is 3.73. The summed E-state index contributed by atoms with van der Waals surface area (Å²) in [6, 6.07) is -0.687. The van der Waals surface area contributed by atoms with Gasteiger partial charge in [-0.2, -0.15) is 5.06 Å². The average Bonchev–Trinajstić information content (AvgIpc) is 2.96. The first-order valence-electron chi connectivity index (χ1n) is 5.75.